The number of carbonyl (C=O) groups excluding carboxylic acids is 2. The Labute approximate surface area is 170 Å². The second-order valence-corrected chi connectivity index (χ2v) is 8.34. The van der Waals surface area contributed by atoms with Gasteiger partial charge in [-0.2, -0.15) is 0 Å². The number of nitrogens with one attached hydrogen (secondary N) is 1. The second-order valence-electron chi connectivity index (χ2n) is 8.34. The smallest absolute Gasteiger partial charge is 0.246 e. The van der Waals surface area contributed by atoms with Gasteiger partial charge in [-0.15, -0.1) is 0 Å². The Morgan fingerprint density at radius 2 is 1.86 bits per heavy atom. The van der Waals surface area contributed by atoms with Gasteiger partial charge in [0.25, 0.3) is 0 Å². The minimum Gasteiger partial charge on any atom is -0.348 e. The molecule has 0 bridgehead atoms. The third-order valence-corrected chi connectivity index (χ3v) is 6.57. The summed E-state index contributed by atoms with van der Waals surface area (Å²) in [5.74, 6) is 0.505. The molecule has 0 radical (unpaired) electrons. The number of likely N-dealkylation sites (tertiary alicyclic amines) is 1. The lowest BCUT2D eigenvalue weighted by atomic mass is 9.78. The minimum atomic E-state index is -0.368. The molecule has 1 aliphatic carbocycles. The molecule has 150 valence electrons. The lowest BCUT2D eigenvalue weighted by molar-refractivity contribution is -0.144. The fourth-order valence-electron chi connectivity index (χ4n) is 4.79. The number of aromatic amines is 1. The van der Waals surface area contributed by atoms with Crippen LogP contribution in [0.1, 0.15) is 42.6 Å². The first kappa shape index (κ1) is 18.2. The molecule has 1 N–H and O–H groups in total. The van der Waals surface area contributed by atoms with Gasteiger partial charge >= 0.3 is 0 Å². The molecular formula is C23H26N4O2. The van der Waals surface area contributed by atoms with Gasteiger partial charge in [0.15, 0.2) is 0 Å². The molecule has 1 spiro atoms. The molecule has 2 aliphatic heterocycles. The van der Waals surface area contributed by atoms with Crippen LogP contribution in [0, 0.1) is 5.92 Å². The summed E-state index contributed by atoms with van der Waals surface area (Å²) >= 11 is 0. The minimum absolute atomic E-state index is 0.0295. The lowest BCUT2D eigenvalue weighted by Crippen LogP contribution is -2.59. The molecule has 2 amide bonds. The Morgan fingerprint density at radius 1 is 1.10 bits per heavy atom. The van der Waals surface area contributed by atoms with Crippen LogP contribution in [0.15, 0.2) is 42.7 Å². The molecule has 29 heavy (non-hydrogen) atoms. The number of hydrogen-bond donors (Lipinski definition) is 1. The quantitative estimate of drug-likeness (QED) is 0.820. The maximum atomic E-state index is 13.0. The van der Waals surface area contributed by atoms with E-state index in [1.807, 2.05) is 41.3 Å². The van der Waals surface area contributed by atoms with Crippen molar-refractivity contribution in [1.82, 2.24) is 19.8 Å². The average molecular weight is 390 g/mol. The summed E-state index contributed by atoms with van der Waals surface area (Å²) in [6.07, 6.45) is 9.60. The normalized spacial score (nSPS) is 20.8. The summed E-state index contributed by atoms with van der Waals surface area (Å²) in [6.45, 7) is 2.02. The number of nitrogens with zero attached hydrogens (tertiary/aromatic N) is 3. The number of carbonyl (C=O) groups is 2. The number of fused-ring (bicyclic) bond motifs is 2. The van der Waals surface area contributed by atoms with Gasteiger partial charge in [-0.05, 0) is 37.3 Å². The van der Waals surface area contributed by atoms with Gasteiger partial charge in [0.2, 0.25) is 11.8 Å². The molecule has 1 saturated carbocycles. The van der Waals surface area contributed by atoms with Crippen LogP contribution < -0.4 is 0 Å². The largest absolute Gasteiger partial charge is 0.348 e. The van der Waals surface area contributed by atoms with Crippen LogP contribution in [0.5, 0.6) is 0 Å². The van der Waals surface area contributed by atoms with Crippen molar-refractivity contribution >= 4 is 17.9 Å². The zero-order valence-electron chi connectivity index (χ0n) is 16.5. The molecule has 6 heteroatoms. The summed E-state index contributed by atoms with van der Waals surface area (Å²) in [4.78, 5) is 37.6. The fraction of sp³-hybridized carbons (Fsp3) is 0.435. The van der Waals surface area contributed by atoms with E-state index in [1.54, 1.807) is 12.4 Å². The van der Waals surface area contributed by atoms with Crippen LogP contribution in [0.2, 0.25) is 0 Å². The SMILES string of the molecule is O=C(/C=C/c1ccccc1)N1CCC2(CC1)c1nc[nH]c1CCN2C(=O)C1CC1. The Kier molecular flexibility index (Phi) is 4.49. The van der Waals surface area contributed by atoms with Gasteiger partial charge in [0.05, 0.1) is 17.6 Å². The number of hydrogen-bond acceptors (Lipinski definition) is 3. The van der Waals surface area contributed by atoms with Crippen molar-refractivity contribution in [2.24, 2.45) is 5.92 Å². The molecule has 3 aliphatic rings. The van der Waals surface area contributed by atoms with Crippen LogP contribution >= 0.6 is 0 Å². The first-order valence-corrected chi connectivity index (χ1v) is 10.5. The van der Waals surface area contributed by atoms with Gasteiger partial charge in [0, 0.05) is 43.7 Å². The highest BCUT2D eigenvalue weighted by atomic mass is 16.2. The topological polar surface area (TPSA) is 69.3 Å². The first-order chi connectivity index (χ1) is 14.2. The van der Waals surface area contributed by atoms with Crippen LogP contribution in [0.4, 0.5) is 0 Å². The maximum Gasteiger partial charge on any atom is 0.246 e. The molecule has 5 rings (SSSR count). The van der Waals surface area contributed by atoms with E-state index in [4.69, 9.17) is 0 Å². The highest BCUT2D eigenvalue weighted by Gasteiger charge is 2.51. The van der Waals surface area contributed by atoms with Crippen LogP contribution in [0.3, 0.4) is 0 Å². The van der Waals surface area contributed by atoms with E-state index >= 15 is 0 Å². The molecule has 1 saturated heterocycles. The van der Waals surface area contributed by atoms with Crippen molar-refractivity contribution in [3.63, 3.8) is 0 Å². The lowest BCUT2D eigenvalue weighted by Gasteiger charge is -2.50. The van der Waals surface area contributed by atoms with Gasteiger partial charge < -0.3 is 14.8 Å². The number of amides is 2. The third kappa shape index (κ3) is 3.26. The van der Waals surface area contributed by atoms with Crippen molar-refractivity contribution in [3.8, 4) is 0 Å². The molecule has 0 atom stereocenters. The molecule has 2 fully saturated rings. The number of rotatable bonds is 3. The average Bonchev–Trinajstić information content (AvgIpc) is 3.50. The zero-order valence-corrected chi connectivity index (χ0v) is 16.5. The van der Waals surface area contributed by atoms with Crippen molar-refractivity contribution in [2.75, 3.05) is 19.6 Å². The van der Waals surface area contributed by atoms with Gasteiger partial charge in [-0.1, -0.05) is 30.3 Å². The molecular weight excluding hydrogens is 364 g/mol. The Bertz CT molecular complexity index is 937. The van der Waals surface area contributed by atoms with Crippen LogP contribution in [0.25, 0.3) is 6.08 Å². The molecule has 6 nitrogen and oxygen atoms in total. The van der Waals surface area contributed by atoms with Crippen molar-refractivity contribution in [1.29, 1.82) is 0 Å². The highest BCUT2D eigenvalue weighted by Crippen LogP contribution is 2.45. The highest BCUT2D eigenvalue weighted by molar-refractivity contribution is 5.92. The van der Waals surface area contributed by atoms with Gasteiger partial charge in [-0.3, -0.25) is 9.59 Å². The number of imidazole rings is 1. The summed E-state index contributed by atoms with van der Waals surface area (Å²) in [5.41, 5.74) is 2.81. The summed E-state index contributed by atoms with van der Waals surface area (Å²) in [7, 11) is 0. The second kappa shape index (κ2) is 7.17. The third-order valence-electron chi connectivity index (χ3n) is 6.57. The zero-order chi connectivity index (χ0) is 19.8. The van der Waals surface area contributed by atoms with E-state index in [1.165, 1.54) is 0 Å². The van der Waals surface area contributed by atoms with Crippen LogP contribution in [-0.4, -0.2) is 51.2 Å². The van der Waals surface area contributed by atoms with E-state index < -0.39 is 0 Å². The fourth-order valence-corrected chi connectivity index (χ4v) is 4.79. The Morgan fingerprint density at radius 3 is 2.59 bits per heavy atom. The molecule has 1 aromatic carbocycles. The maximum absolute atomic E-state index is 13.0. The number of aromatic nitrogens is 2. The summed E-state index contributed by atoms with van der Waals surface area (Å²) in [6, 6.07) is 9.86. The van der Waals surface area contributed by atoms with E-state index in [-0.39, 0.29) is 23.3 Å². The predicted octanol–water partition coefficient (Wildman–Crippen LogP) is 2.74. The number of piperidine rings is 1. The number of benzene rings is 1. The number of H-pyrrole nitrogens is 1. The van der Waals surface area contributed by atoms with E-state index in [2.05, 4.69) is 14.9 Å². The molecule has 3 heterocycles. The summed E-state index contributed by atoms with van der Waals surface area (Å²) in [5, 5.41) is 0. The first-order valence-electron chi connectivity index (χ1n) is 10.5. The van der Waals surface area contributed by atoms with Crippen molar-refractivity contribution < 1.29 is 9.59 Å². The van der Waals surface area contributed by atoms with E-state index in [0.717, 1.165) is 55.6 Å². The Hall–Kier alpha value is -2.89. The molecule has 2 aromatic rings. The van der Waals surface area contributed by atoms with Gasteiger partial charge in [-0.25, -0.2) is 4.98 Å². The van der Waals surface area contributed by atoms with E-state index in [0.29, 0.717) is 13.1 Å². The summed E-state index contributed by atoms with van der Waals surface area (Å²) < 4.78 is 0. The Balaban J connectivity index is 1.34. The van der Waals surface area contributed by atoms with Crippen molar-refractivity contribution in [3.05, 3.63) is 59.7 Å². The molecule has 0 unspecified atom stereocenters. The van der Waals surface area contributed by atoms with E-state index in [9.17, 15) is 9.59 Å². The van der Waals surface area contributed by atoms with Gasteiger partial charge in [0.1, 0.15) is 0 Å². The van der Waals surface area contributed by atoms with Crippen molar-refractivity contribution in [2.45, 2.75) is 37.6 Å². The standard InChI is InChI=1S/C23H26N4O2/c28-20(9-6-17-4-2-1-3-5-17)26-14-11-23(12-15-26)21-19(24-16-25-21)10-13-27(23)22(29)18-7-8-18/h1-6,9,16,18H,7-8,10-15H2,(H,24,25)/b9-6+. The predicted molar refractivity (Wildman–Crippen MR) is 110 cm³/mol. The monoisotopic (exact) mass is 390 g/mol. The van der Waals surface area contributed by atoms with Crippen LogP contribution in [-0.2, 0) is 21.5 Å². The molecule has 1 aromatic heterocycles.